The van der Waals surface area contributed by atoms with Crippen LogP contribution in [0.3, 0.4) is 0 Å². The Morgan fingerprint density at radius 3 is 2.90 bits per heavy atom. The number of halogens is 1. The fourth-order valence-electron chi connectivity index (χ4n) is 1.46. The largest absolute Gasteiger partial charge is 0.430 e. The van der Waals surface area contributed by atoms with Gasteiger partial charge in [-0.3, -0.25) is 10.1 Å². The quantitative estimate of drug-likeness (QED) is 0.672. The van der Waals surface area contributed by atoms with Gasteiger partial charge in [0.15, 0.2) is 0 Å². The van der Waals surface area contributed by atoms with Crippen LogP contribution in [0, 0.1) is 10.1 Å². The van der Waals surface area contributed by atoms with Gasteiger partial charge in [0.1, 0.15) is 5.02 Å². The molecule has 20 heavy (non-hydrogen) atoms. The van der Waals surface area contributed by atoms with Gasteiger partial charge in [0.05, 0.1) is 11.1 Å². The summed E-state index contributed by atoms with van der Waals surface area (Å²) in [6.45, 7) is 2.52. The predicted molar refractivity (Wildman–Crippen MR) is 74.4 cm³/mol. The zero-order valence-electron chi connectivity index (χ0n) is 10.5. The maximum Gasteiger partial charge on any atom is 0.311 e. The molecule has 0 aliphatic rings. The average molecular weight is 295 g/mol. The Labute approximate surface area is 119 Å². The van der Waals surface area contributed by atoms with E-state index in [-0.39, 0.29) is 22.3 Å². The molecule has 0 unspecified atom stereocenters. The highest BCUT2D eigenvalue weighted by Gasteiger charge is 2.17. The Bertz CT molecular complexity index is 636. The van der Waals surface area contributed by atoms with Crippen LogP contribution in [0.15, 0.2) is 30.5 Å². The predicted octanol–water partition coefficient (Wildman–Crippen LogP) is 3.26. The number of aromatic nitrogens is 2. The van der Waals surface area contributed by atoms with E-state index in [1.807, 2.05) is 6.92 Å². The van der Waals surface area contributed by atoms with Crippen LogP contribution in [0.5, 0.6) is 11.6 Å². The minimum absolute atomic E-state index is 0.0620. The van der Waals surface area contributed by atoms with Crippen molar-refractivity contribution in [2.45, 2.75) is 6.92 Å². The lowest BCUT2D eigenvalue weighted by molar-refractivity contribution is -0.385. The minimum Gasteiger partial charge on any atom is -0.430 e. The molecular weight excluding hydrogens is 284 g/mol. The lowest BCUT2D eigenvalue weighted by Crippen LogP contribution is -2.03. The molecule has 2 aromatic rings. The summed E-state index contributed by atoms with van der Waals surface area (Å²) in [6.07, 6.45) is 1.37. The molecule has 7 nitrogen and oxygen atoms in total. The fraction of sp³-hybridized carbons (Fsp3) is 0.167. The van der Waals surface area contributed by atoms with E-state index in [2.05, 4.69) is 15.3 Å². The van der Waals surface area contributed by atoms with Gasteiger partial charge in [-0.25, -0.2) is 4.98 Å². The van der Waals surface area contributed by atoms with Gasteiger partial charge in [0, 0.05) is 12.6 Å². The van der Waals surface area contributed by atoms with Crippen LogP contribution in [0.4, 0.5) is 11.6 Å². The standard InChI is InChI=1S/C12H11ClN4O3/c1-2-14-12-15-7-8(13)11(16-12)20-10-6-4-3-5-9(10)17(18)19/h3-7H,2H2,1H3,(H,14,15,16). The van der Waals surface area contributed by atoms with Crippen LogP contribution in [0.25, 0.3) is 0 Å². The fourth-order valence-corrected chi connectivity index (χ4v) is 1.59. The van der Waals surface area contributed by atoms with Gasteiger partial charge < -0.3 is 10.1 Å². The molecule has 0 atom stereocenters. The normalized spacial score (nSPS) is 10.1. The van der Waals surface area contributed by atoms with Crippen LogP contribution in [-0.2, 0) is 0 Å². The first-order chi connectivity index (χ1) is 9.61. The molecule has 0 aliphatic heterocycles. The Hall–Kier alpha value is -2.41. The Morgan fingerprint density at radius 2 is 2.20 bits per heavy atom. The SMILES string of the molecule is CCNc1ncc(Cl)c(Oc2ccccc2[N+](=O)[O-])n1. The van der Waals surface area contributed by atoms with Crippen LogP contribution in [0.2, 0.25) is 5.02 Å². The summed E-state index contributed by atoms with van der Waals surface area (Å²) in [5, 5.41) is 14.0. The van der Waals surface area contributed by atoms with Crippen molar-refractivity contribution in [1.82, 2.24) is 9.97 Å². The smallest absolute Gasteiger partial charge is 0.311 e. The summed E-state index contributed by atoms with van der Waals surface area (Å²) >= 11 is 5.93. The van der Waals surface area contributed by atoms with Gasteiger partial charge >= 0.3 is 5.69 Å². The summed E-state index contributed by atoms with van der Waals surface area (Å²) in [4.78, 5) is 18.4. The van der Waals surface area contributed by atoms with Crippen LogP contribution in [-0.4, -0.2) is 21.4 Å². The second-order valence-corrected chi connectivity index (χ2v) is 4.11. The zero-order valence-corrected chi connectivity index (χ0v) is 11.3. The second-order valence-electron chi connectivity index (χ2n) is 3.70. The highest BCUT2D eigenvalue weighted by molar-refractivity contribution is 6.31. The minimum atomic E-state index is -0.532. The van der Waals surface area contributed by atoms with Gasteiger partial charge in [0.25, 0.3) is 0 Å². The lowest BCUT2D eigenvalue weighted by atomic mass is 10.3. The van der Waals surface area contributed by atoms with Crippen molar-refractivity contribution in [3.8, 4) is 11.6 Å². The van der Waals surface area contributed by atoms with E-state index >= 15 is 0 Å². The number of hydrogen-bond acceptors (Lipinski definition) is 6. The molecule has 1 aromatic carbocycles. The number of para-hydroxylation sites is 2. The molecule has 2 rings (SSSR count). The third-order valence-electron chi connectivity index (χ3n) is 2.32. The lowest BCUT2D eigenvalue weighted by Gasteiger charge is -2.08. The van der Waals surface area contributed by atoms with Crippen LogP contribution >= 0.6 is 11.6 Å². The van der Waals surface area contributed by atoms with Gasteiger partial charge in [-0.2, -0.15) is 4.98 Å². The molecule has 0 saturated heterocycles. The first kappa shape index (κ1) is 14.0. The van der Waals surface area contributed by atoms with E-state index in [9.17, 15) is 10.1 Å². The van der Waals surface area contributed by atoms with E-state index < -0.39 is 4.92 Å². The third-order valence-corrected chi connectivity index (χ3v) is 2.57. The van der Waals surface area contributed by atoms with Crippen molar-refractivity contribution in [3.05, 3.63) is 45.6 Å². The molecule has 0 radical (unpaired) electrons. The van der Waals surface area contributed by atoms with Crippen molar-refractivity contribution in [2.75, 3.05) is 11.9 Å². The molecule has 0 amide bonds. The number of nitrogens with one attached hydrogen (secondary N) is 1. The van der Waals surface area contributed by atoms with E-state index in [0.29, 0.717) is 12.5 Å². The van der Waals surface area contributed by atoms with Crippen molar-refractivity contribution in [1.29, 1.82) is 0 Å². The number of anilines is 1. The number of nitro groups is 1. The molecule has 1 N–H and O–H groups in total. The van der Waals surface area contributed by atoms with Gasteiger partial charge in [-0.1, -0.05) is 23.7 Å². The molecule has 0 bridgehead atoms. The molecule has 1 heterocycles. The molecule has 8 heteroatoms. The number of nitro benzene ring substituents is 1. The molecule has 0 saturated carbocycles. The molecule has 1 aromatic heterocycles. The third kappa shape index (κ3) is 3.12. The number of nitrogens with zero attached hydrogens (tertiary/aromatic N) is 3. The summed E-state index contributed by atoms with van der Waals surface area (Å²) in [5.41, 5.74) is -0.160. The molecule has 0 spiro atoms. The topological polar surface area (TPSA) is 90.2 Å². The van der Waals surface area contributed by atoms with Gasteiger partial charge in [0.2, 0.25) is 17.6 Å². The van der Waals surface area contributed by atoms with E-state index in [1.54, 1.807) is 12.1 Å². The van der Waals surface area contributed by atoms with Crippen LogP contribution in [0.1, 0.15) is 6.92 Å². The maximum absolute atomic E-state index is 10.9. The van der Waals surface area contributed by atoms with Gasteiger partial charge in [-0.05, 0) is 13.0 Å². The molecular formula is C12H11ClN4O3. The summed E-state index contributed by atoms with van der Waals surface area (Å²) in [7, 11) is 0. The Balaban J connectivity index is 2.34. The number of hydrogen-bond donors (Lipinski definition) is 1. The van der Waals surface area contributed by atoms with Crippen molar-refractivity contribution >= 4 is 23.2 Å². The second kappa shape index (κ2) is 6.16. The molecule has 104 valence electrons. The van der Waals surface area contributed by atoms with E-state index in [1.165, 1.54) is 18.3 Å². The van der Waals surface area contributed by atoms with Crippen LogP contribution < -0.4 is 10.1 Å². The van der Waals surface area contributed by atoms with E-state index in [0.717, 1.165) is 0 Å². The average Bonchev–Trinajstić information content (AvgIpc) is 2.43. The first-order valence-corrected chi connectivity index (χ1v) is 6.17. The summed E-state index contributed by atoms with van der Waals surface area (Å²) in [5.74, 6) is 0.470. The van der Waals surface area contributed by atoms with Crippen molar-refractivity contribution < 1.29 is 9.66 Å². The monoisotopic (exact) mass is 294 g/mol. The molecule has 0 aliphatic carbocycles. The summed E-state index contributed by atoms with van der Waals surface area (Å²) in [6, 6.07) is 6.00. The first-order valence-electron chi connectivity index (χ1n) is 5.79. The van der Waals surface area contributed by atoms with Gasteiger partial charge in [-0.15, -0.1) is 0 Å². The highest BCUT2D eigenvalue weighted by Crippen LogP contribution is 2.33. The number of rotatable bonds is 5. The Kier molecular flexibility index (Phi) is 4.31. The Morgan fingerprint density at radius 1 is 1.45 bits per heavy atom. The highest BCUT2D eigenvalue weighted by atomic mass is 35.5. The maximum atomic E-state index is 10.9. The number of ether oxygens (including phenoxy) is 1. The number of benzene rings is 1. The van der Waals surface area contributed by atoms with Crippen molar-refractivity contribution in [2.24, 2.45) is 0 Å². The molecule has 0 fully saturated rings. The zero-order chi connectivity index (χ0) is 14.5. The van der Waals surface area contributed by atoms with E-state index in [4.69, 9.17) is 16.3 Å². The summed E-state index contributed by atoms with van der Waals surface area (Å²) < 4.78 is 5.42. The van der Waals surface area contributed by atoms with Crippen molar-refractivity contribution in [3.63, 3.8) is 0 Å².